The quantitative estimate of drug-likeness (QED) is 0.465. The van der Waals surface area contributed by atoms with Crippen LogP contribution >= 0.6 is 11.8 Å². The van der Waals surface area contributed by atoms with Crippen molar-refractivity contribution in [3.05, 3.63) is 62.2 Å². The van der Waals surface area contributed by atoms with Gasteiger partial charge in [0.1, 0.15) is 6.04 Å². The Labute approximate surface area is 174 Å². The average Bonchev–Trinajstić information content (AvgIpc) is 3.20. The number of non-ortho nitro benzene ring substituents is 1. The van der Waals surface area contributed by atoms with E-state index in [4.69, 9.17) is 14.6 Å². The molecule has 11 nitrogen and oxygen atoms in total. The van der Waals surface area contributed by atoms with Crippen LogP contribution in [0, 0.1) is 20.2 Å². The Morgan fingerprint density at radius 3 is 2.50 bits per heavy atom. The molecule has 2 aromatic rings. The molecule has 2 atom stereocenters. The molecule has 2 N–H and O–H groups in total. The zero-order chi connectivity index (χ0) is 21.8. The average molecular weight is 435 g/mol. The highest BCUT2D eigenvalue weighted by Crippen LogP contribution is 2.41. The molecule has 1 aliphatic heterocycles. The standard InChI is InChI=1S/C18H17N3O8S/c1-2-28-16-7-10(17-19-12(9-30-17)18(22)23)3-5-15(16)29-14-6-4-11(20(24)25)8-13(14)21(26)27/h3-8,12,17,19H,2,9H2,1H3,(H,22,23)/t12-,17+/m0/s1. The van der Waals surface area contributed by atoms with Gasteiger partial charge in [0.25, 0.3) is 5.69 Å². The lowest BCUT2D eigenvalue weighted by Crippen LogP contribution is -2.33. The van der Waals surface area contributed by atoms with Crippen LogP contribution in [-0.4, -0.2) is 39.3 Å². The number of ether oxygens (including phenoxy) is 2. The normalized spacial score (nSPS) is 18.0. The maximum Gasteiger partial charge on any atom is 0.321 e. The lowest BCUT2D eigenvalue weighted by molar-refractivity contribution is -0.394. The highest BCUT2D eigenvalue weighted by molar-refractivity contribution is 7.99. The zero-order valence-corrected chi connectivity index (χ0v) is 16.5. The Morgan fingerprint density at radius 2 is 1.90 bits per heavy atom. The summed E-state index contributed by atoms with van der Waals surface area (Å²) in [6, 6.07) is 7.37. The minimum Gasteiger partial charge on any atom is -0.490 e. The molecule has 1 aliphatic rings. The van der Waals surface area contributed by atoms with Crippen molar-refractivity contribution in [3.8, 4) is 17.2 Å². The molecule has 158 valence electrons. The Bertz CT molecular complexity index is 999. The predicted molar refractivity (Wildman–Crippen MR) is 107 cm³/mol. The van der Waals surface area contributed by atoms with E-state index in [1.165, 1.54) is 11.8 Å². The van der Waals surface area contributed by atoms with Gasteiger partial charge in [-0.15, -0.1) is 11.8 Å². The summed E-state index contributed by atoms with van der Waals surface area (Å²) >= 11 is 1.44. The maximum atomic E-state index is 11.3. The molecule has 1 fully saturated rings. The number of nitro benzene ring substituents is 2. The van der Waals surface area contributed by atoms with Crippen molar-refractivity contribution in [1.82, 2.24) is 5.32 Å². The van der Waals surface area contributed by atoms with E-state index in [9.17, 15) is 25.0 Å². The number of rotatable bonds is 8. The number of carboxylic acid groups (broad SMARTS) is 1. The number of hydrogen-bond acceptors (Lipinski definition) is 9. The summed E-state index contributed by atoms with van der Waals surface area (Å²) in [6.07, 6.45) is 0. The number of carboxylic acids is 1. The Hall–Kier alpha value is -3.38. The second-order valence-electron chi connectivity index (χ2n) is 6.18. The lowest BCUT2D eigenvalue weighted by Gasteiger charge is -2.16. The zero-order valence-electron chi connectivity index (χ0n) is 15.6. The van der Waals surface area contributed by atoms with Crippen molar-refractivity contribution in [1.29, 1.82) is 0 Å². The summed E-state index contributed by atoms with van der Waals surface area (Å²) in [6.45, 7) is 2.05. The van der Waals surface area contributed by atoms with Gasteiger partial charge in [0.2, 0.25) is 5.75 Å². The van der Waals surface area contributed by atoms with Crippen molar-refractivity contribution < 1.29 is 29.2 Å². The maximum absolute atomic E-state index is 11.3. The number of aliphatic carboxylic acids is 1. The summed E-state index contributed by atoms with van der Waals surface area (Å²) in [5, 5.41) is 34.1. The number of nitrogens with zero attached hydrogens (tertiary/aromatic N) is 2. The Balaban J connectivity index is 1.90. The van der Waals surface area contributed by atoms with Crippen LogP contribution in [-0.2, 0) is 4.79 Å². The summed E-state index contributed by atoms with van der Waals surface area (Å²) < 4.78 is 11.2. The smallest absolute Gasteiger partial charge is 0.321 e. The molecule has 1 saturated heterocycles. The van der Waals surface area contributed by atoms with E-state index in [1.807, 2.05) is 0 Å². The molecule has 1 heterocycles. The molecular formula is C18H17N3O8S. The number of nitro groups is 2. The van der Waals surface area contributed by atoms with Gasteiger partial charge in [-0.2, -0.15) is 0 Å². The monoisotopic (exact) mass is 435 g/mol. The van der Waals surface area contributed by atoms with Crippen LogP contribution in [0.1, 0.15) is 17.9 Å². The second kappa shape index (κ2) is 8.97. The third-order valence-electron chi connectivity index (χ3n) is 4.22. The molecular weight excluding hydrogens is 418 g/mol. The molecule has 0 spiro atoms. The van der Waals surface area contributed by atoms with E-state index < -0.39 is 33.2 Å². The van der Waals surface area contributed by atoms with Crippen molar-refractivity contribution in [2.75, 3.05) is 12.4 Å². The van der Waals surface area contributed by atoms with Crippen LogP contribution in [0.2, 0.25) is 0 Å². The Kier molecular flexibility index (Phi) is 6.37. The first-order chi connectivity index (χ1) is 14.3. The minimum atomic E-state index is -0.930. The van der Waals surface area contributed by atoms with Crippen molar-refractivity contribution in [2.45, 2.75) is 18.3 Å². The van der Waals surface area contributed by atoms with Crippen LogP contribution in [0.4, 0.5) is 11.4 Å². The van der Waals surface area contributed by atoms with Gasteiger partial charge in [0.15, 0.2) is 11.5 Å². The summed E-state index contributed by atoms with van der Waals surface area (Å²) in [4.78, 5) is 31.9. The molecule has 2 aromatic carbocycles. The highest BCUT2D eigenvalue weighted by atomic mass is 32.2. The van der Waals surface area contributed by atoms with E-state index in [1.54, 1.807) is 25.1 Å². The van der Waals surface area contributed by atoms with Gasteiger partial charge in [-0.05, 0) is 30.7 Å². The second-order valence-corrected chi connectivity index (χ2v) is 7.32. The molecule has 30 heavy (non-hydrogen) atoms. The van der Waals surface area contributed by atoms with Crippen LogP contribution in [0.15, 0.2) is 36.4 Å². The summed E-state index contributed by atoms with van der Waals surface area (Å²) in [5.41, 5.74) is -0.211. The SMILES string of the molecule is CCOc1cc([C@@H]2N[C@H](C(=O)O)CS2)ccc1Oc1ccc([N+](=O)[O-])cc1[N+](=O)[O-]. The van der Waals surface area contributed by atoms with Gasteiger partial charge in [-0.3, -0.25) is 30.3 Å². The predicted octanol–water partition coefficient (Wildman–Crippen LogP) is 3.48. The van der Waals surface area contributed by atoms with Crippen LogP contribution in [0.25, 0.3) is 0 Å². The molecule has 0 bridgehead atoms. The first kappa shape index (κ1) is 21.3. The topological polar surface area (TPSA) is 154 Å². The van der Waals surface area contributed by atoms with E-state index in [0.29, 0.717) is 18.1 Å². The largest absolute Gasteiger partial charge is 0.490 e. The molecule has 0 saturated carbocycles. The van der Waals surface area contributed by atoms with Gasteiger partial charge < -0.3 is 14.6 Å². The van der Waals surface area contributed by atoms with Crippen molar-refractivity contribution >= 4 is 29.1 Å². The molecule has 0 aliphatic carbocycles. The molecule has 0 aromatic heterocycles. The third kappa shape index (κ3) is 4.60. The molecule has 0 radical (unpaired) electrons. The molecule has 0 unspecified atom stereocenters. The number of carbonyl (C=O) groups is 1. The van der Waals surface area contributed by atoms with E-state index in [-0.39, 0.29) is 16.9 Å². The fourth-order valence-electron chi connectivity index (χ4n) is 2.81. The Morgan fingerprint density at radius 1 is 1.17 bits per heavy atom. The van der Waals surface area contributed by atoms with Crippen LogP contribution in [0.5, 0.6) is 17.2 Å². The molecule has 3 rings (SSSR count). The summed E-state index contributed by atoms with van der Waals surface area (Å²) in [7, 11) is 0. The first-order valence-electron chi connectivity index (χ1n) is 8.78. The van der Waals surface area contributed by atoms with E-state index >= 15 is 0 Å². The fourth-order valence-corrected chi connectivity index (χ4v) is 4.04. The van der Waals surface area contributed by atoms with Gasteiger partial charge in [-0.25, -0.2) is 0 Å². The van der Waals surface area contributed by atoms with Gasteiger partial charge in [0.05, 0.1) is 27.9 Å². The van der Waals surface area contributed by atoms with Crippen LogP contribution < -0.4 is 14.8 Å². The first-order valence-corrected chi connectivity index (χ1v) is 9.83. The van der Waals surface area contributed by atoms with Crippen LogP contribution in [0.3, 0.4) is 0 Å². The summed E-state index contributed by atoms with van der Waals surface area (Å²) in [5.74, 6) is -0.185. The van der Waals surface area contributed by atoms with Gasteiger partial charge in [0, 0.05) is 11.8 Å². The van der Waals surface area contributed by atoms with E-state index in [2.05, 4.69) is 5.32 Å². The number of benzene rings is 2. The van der Waals surface area contributed by atoms with Gasteiger partial charge in [-0.1, -0.05) is 6.07 Å². The molecule has 12 heteroatoms. The number of hydrogen-bond donors (Lipinski definition) is 2. The van der Waals surface area contributed by atoms with Gasteiger partial charge >= 0.3 is 11.7 Å². The van der Waals surface area contributed by atoms with Crippen molar-refractivity contribution in [2.24, 2.45) is 0 Å². The fraction of sp³-hybridized carbons (Fsp3) is 0.278. The minimum absolute atomic E-state index is 0.168. The highest BCUT2D eigenvalue weighted by Gasteiger charge is 2.31. The lowest BCUT2D eigenvalue weighted by atomic mass is 10.2. The third-order valence-corrected chi connectivity index (χ3v) is 5.49. The number of thioether (sulfide) groups is 1. The molecule has 0 amide bonds. The van der Waals surface area contributed by atoms with Crippen molar-refractivity contribution in [3.63, 3.8) is 0 Å². The van der Waals surface area contributed by atoms with E-state index in [0.717, 1.165) is 23.8 Å². The number of nitrogens with one attached hydrogen (secondary N) is 1.